The lowest BCUT2D eigenvalue weighted by molar-refractivity contribution is 0.131. The molecule has 252 valence electrons. The minimum Gasteiger partial charge on any atom is -0.508 e. The van der Waals surface area contributed by atoms with Gasteiger partial charge < -0.3 is 29.7 Å². The SMILES string of the molecule is CCc1c(F)ccc2cc(O)cc(-c3c(C)cc4c(N5CC6CCC(C5)N6)nc(OCC5(CN6C[C@H]7COC[C@H]7C6)CC5)nc4c3F)c12. The second kappa shape index (κ2) is 11.5. The highest BCUT2D eigenvalue weighted by molar-refractivity contribution is 6.04. The summed E-state index contributed by atoms with van der Waals surface area (Å²) < 4.78 is 44.4. The summed E-state index contributed by atoms with van der Waals surface area (Å²) in [6.07, 6.45) is 4.84. The number of hydrogen-bond donors (Lipinski definition) is 2. The number of anilines is 1. The summed E-state index contributed by atoms with van der Waals surface area (Å²) in [5, 5.41) is 16.3. The summed E-state index contributed by atoms with van der Waals surface area (Å²) in [7, 11) is 0. The molecule has 5 fully saturated rings. The number of halogens is 2. The van der Waals surface area contributed by atoms with Crippen molar-refractivity contribution in [2.45, 2.75) is 58.0 Å². The molecule has 1 aromatic heterocycles. The number of aromatic nitrogens is 2. The van der Waals surface area contributed by atoms with Crippen LogP contribution in [0.1, 0.15) is 43.7 Å². The van der Waals surface area contributed by atoms with Crippen LogP contribution in [0.15, 0.2) is 30.3 Å². The van der Waals surface area contributed by atoms with E-state index in [1.165, 1.54) is 6.07 Å². The molecule has 0 spiro atoms. The van der Waals surface area contributed by atoms with Gasteiger partial charge in [0, 0.05) is 73.0 Å². The fourth-order valence-corrected chi connectivity index (χ4v) is 9.10. The summed E-state index contributed by atoms with van der Waals surface area (Å²) in [5.41, 5.74) is 2.18. The topological polar surface area (TPSA) is 83.0 Å². The van der Waals surface area contributed by atoms with Crippen LogP contribution in [0.2, 0.25) is 0 Å². The van der Waals surface area contributed by atoms with Gasteiger partial charge in [0.05, 0.1) is 19.8 Å². The molecular formula is C38H43F2N5O3. The van der Waals surface area contributed by atoms with Crippen molar-refractivity contribution in [1.82, 2.24) is 20.2 Å². The summed E-state index contributed by atoms with van der Waals surface area (Å²) in [6.45, 7) is 10.7. The van der Waals surface area contributed by atoms with Crippen molar-refractivity contribution >= 4 is 27.5 Å². The maximum Gasteiger partial charge on any atom is 0.319 e. The van der Waals surface area contributed by atoms with Crippen LogP contribution < -0.4 is 15.0 Å². The third kappa shape index (κ3) is 5.18. The molecular weight excluding hydrogens is 612 g/mol. The van der Waals surface area contributed by atoms with Gasteiger partial charge in [-0.25, -0.2) is 8.78 Å². The zero-order chi connectivity index (χ0) is 32.7. The van der Waals surface area contributed by atoms with E-state index in [0.29, 0.717) is 81.2 Å². The van der Waals surface area contributed by atoms with Crippen molar-refractivity contribution in [3.8, 4) is 22.9 Å². The number of hydrogen-bond acceptors (Lipinski definition) is 8. The molecule has 4 aromatic rings. The average molecular weight is 656 g/mol. The standard InChI is InChI=1S/C38H43F2N5O3/c1-3-28-31(39)7-4-22-11-27(46)12-29(33(22)28)32-21(2)10-30-35(34(32)40)42-37(43-36(30)45-15-25-5-6-26(16-45)41-25)48-20-38(8-9-38)19-44-13-23-17-47-18-24(23)14-44/h4,7,10-12,23-26,41,46H,3,5-6,8-9,13-20H2,1-2H3/t23-,24+,25?,26?. The van der Waals surface area contributed by atoms with Gasteiger partial charge in [0.1, 0.15) is 22.9 Å². The highest BCUT2D eigenvalue weighted by atomic mass is 19.1. The van der Waals surface area contributed by atoms with E-state index < -0.39 is 5.82 Å². The van der Waals surface area contributed by atoms with E-state index in [0.717, 1.165) is 71.6 Å². The molecule has 4 atom stereocenters. The summed E-state index contributed by atoms with van der Waals surface area (Å²) in [6, 6.07) is 9.07. The van der Waals surface area contributed by atoms with Crippen molar-refractivity contribution < 1.29 is 23.4 Å². The van der Waals surface area contributed by atoms with E-state index in [2.05, 4.69) is 15.1 Å². The molecule has 0 radical (unpaired) electrons. The van der Waals surface area contributed by atoms with E-state index in [1.54, 1.807) is 18.2 Å². The van der Waals surface area contributed by atoms with E-state index in [9.17, 15) is 5.11 Å². The molecule has 1 saturated carbocycles. The van der Waals surface area contributed by atoms with E-state index in [-0.39, 0.29) is 28.5 Å². The smallest absolute Gasteiger partial charge is 0.319 e. The first kappa shape index (κ1) is 30.5. The van der Waals surface area contributed by atoms with Crippen molar-refractivity contribution in [3.05, 3.63) is 53.1 Å². The maximum absolute atomic E-state index is 17.2. The number of aryl methyl sites for hydroxylation is 2. The summed E-state index contributed by atoms with van der Waals surface area (Å²) >= 11 is 0. The molecule has 2 unspecified atom stereocenters. The number of likely N-dealkylation sites (tertiary alicyclic amines) is 1. The number of aromatic hydroxyl groups is 1. The number of ether oxygens (including phenoxy) is 2. The first-order valence-electron chi connectivity index (χ1n) is 17.7. The molecule has 48 heavy (non-hydrogen) atoms. The Kier molecular flexibility index (Phi) is 7.29. The van der Waals surface area contributed by atoms with Crippen molar-refractivity contribution in [2.24, 2.45) is 17.3 Å². The molecule has 5 heterocycles. The first-order valence-corrected chi connectivity index (χ1v) is 17.7. The Morgan fingerprint density at radius 2 is 1.77 bits per heavy atom. The fraction of sp³-hybridized carbons (Fsp3) is 0.526. The van der Waals surface area contributed by atoms with Gasteiger partial charge >= 0.3 is 6.01 Å². The number of benzene rings is 3. The quantitative estimate of drug-likeness (QED) is 0.240. The second-order valence-corrected chi connectivity index (χ2v) is 15.2. The van der Waals surface area contributed by atoms with Gasteiger partial charge in [-0.15, -0.1) is 0 Å². The highest BCUT2D eigenvalue weighted by Crippen LogP contribution is 2.48. The van der Waals surface area contributed by atoms with Gasteiger partial charge in [0.15, 0.2) is 5.82 Å². The third-order valence-corrected chi connectivity index (χ3v) is 11.7. The van der Waals surface area contributed by atoms with Crippen LogP contribution in [0.5, 0.6) is 11.8 Å². The number of fused-ring (bicyclic) bond motifs is 5. The van der Waals surface area contributed by atoms with Gasteiger partial charge in [0.25, 0.3) is 0 Å². The van der Waals surface area contributed by atoms with Gasteiger partial charge in [-0.3, -0.25) is 0 Å². The van der Waals surface area contributed by atoms with Crippen LogP contribution in [0.25, 0.3) is 32.8 Å². The van der Waals surface area contributed by atoms with Crippen molar-refractivity contribution in [1.29, 1.82) is 0 Å². The molecule has 4 saturated heterocycles. The fourth-order valence-electron chi connectivity index (χ4n) is 9.10. The maximum atomic E-state index is 17.2. The molecule has 3 aromatic carbocycles. The molecule has 9 rings (SSSR count). The highest BCUT2D eigenvalue weighted by Gasteiger charge is 2.48. The monoisotopic (exact) mass is 655 g/mol. The van der Waals surface area contributed by atoms with Crippen LogP contribution in [-0.2, 0) is 11.2 Å². The van der Waals surface area contributed by atoms with Crippen LogP contribution in [0.3, 0.4) is 0 Å². The van der Waals surface area contributed by atoms with E-state index in [4.69, 9.17) is 19.4 Å². The first-order chi connectivity index (χ1) is 23.3. The summed E-state index contributed by atoms with van der Waals surface area (Å²) in [4.78, 5) is 14.6. The Morgan fingerprint density at radius 3 is 2.48 bits per heavy atom. The number of nitrogens with one attached hydrogen (secondary N) is 1. The van der Waals surface area contributed by atoms with Crippen molar-refractivity contribution in [2.75, 3.05) is 57.4 Å². The number of nitrogens with zero attached hydrogens (tertiary/aromatic N) is 4. The summed E-state index contributed by atoms with van der Waals surface area (Å²) in [5.74, 6) is 1.11. The second-order valence-electron chi connectivity index (χ2n) is 15.2. The van der Waals surface area contributed by atoms with Crippen LogP contribution in [0, 0.1) is 35.8 Å². The number of phenolic OH excluding ortho intramolecular Hbond substituents is 1. The van der Waals surface area contributed by atoms with Gasteiger partial charge in [-0.1, -0.05) is 13.0 Å². The molecule has 2 bridgehead atoms. The van der Waals surface area contributed by atoms with E-state index in [1.807, 2.05) is 19.9 Å². The van der Waals surface area contributed by atoms with Crippen LogP contribution in [-0.4, -0.2) is 84.6 Å². The molecule has 5 aliphatic rings. The van der Waals surface area contributed by atoms with Gasteiger partial charge in [-0.05, 0) is 90.8 Å². The predicted molar refractivity (Wildman–Crippen MR) is 182 cm³/mol. The Morgan fingerprint density at radius 1 is 1.02 bits per heavy atom. The minimum absolute atomic E-state index is 0.00219. The Labute approximate surface area is 279 Å². The minimum atomic E-state index is -0.512. The number of piperazine rings is 1. The Bertz CT molecular complexity index is 1910. The largest absolute Gasteiger partial charge is 0.508 e. The number of phenols is 1. The zero-order valence-corrected chi connectivity index (χ0v) is 27.7. The molecule has 8 nitrogen and oxygen atoms in total. The predicted octanol–water partition coefficient (Wildman–Crippen LogP) is 5.98. The molecule has 0 amide bonds. The molecule has 1 aliphatic carbocycles. The molecule has 4 aliphatic heterocycles. The molecule has 10 heteroatoms. The molecule has 2 N–H and O–H groups in total. The lowest BCUT2D eigenvalue weighted by Crippen LogP contribution is -2.51. The Balaban J connectivity index is 1.12. The normalized spacial score (nSPS) is 26.1. The lowest BCUT2D eigenvalue weighted by Gasteiger charge is -2.34. The average Bonchev–Trinajstić information content (AvgIpc) is 3.31. The van der Waals surface area contributed by atoms with Crippen LogP contribution >= 0.6 is 0 Å². The third-order valence-electron chi connectivity index (χ3n) is 11.7. The van der Waals surface area contributed by atoms with E-state index >= 15 is 8.78 Å². The van der Waals surface area contributed by atoms with Gasteiger partial charge in [0.2, 0.25) is 0 Å². The zero-order valence-electron chi connectivity index (χ0n) is 27.7. The van der Waals surface area contributed by atoms with Crippen LogP contribution in [0.4, 0.5) is 14.6 Å². The van der Waals surface area contributed by atoms with Gasteiger partial charge in [-0.2, -0.15) is 9.97 Å². The van der Waals surface area contributed by atoms with Crippen molar-refractivity contribution in [3.63, 3.8) is 0 Å². The lowest BCUT2D eigenvalue weighted by atomic mass is 9.89. The Hall–Kier alpha value is -3.60. The number of rotatable bonds is 8.